The summed E-state index contributed by atoms with van der Waals surface area (Å²) in [6.45, 7) is 0. The average molecular weight is 247 g/mol. The van der Waals surface area contributed by atoms with Gasteiger partial charge in [0.25, 0.3) is 0 Å². The van der Waals surface area contributed by atoms with Gasteiger partial charge in [0.2, 0.25) is 0 Å². The van der Waals surface area contributed by atoms with Crippen LogP contribution in [0.5, 0.6) is 0 Å². The third-order valence-electron chi connectivity index (χ3n) is 1.42. The molecule has 0 radical (unpaired) electrons. The van der Waals surface area contributed by atoms with Crippen LogP contribution in [0.1, 0.15) is 5.56 Å². The predicted octanol–water partition coefficient (Wildman–Crippen LogP) is 3.33. The predicted molar refractivity (Wildman–Crippen MR) is 58.7 cm³/mol. The van der Waals surface area contributed by atoms with Gasteiger partial charge in [-0.25, -0.2) is 0 Å². The number of hydrogen-bond donors (Lipinski definition) is 1. The molecule has 1 aromatic rings. The van der Waals surface area contributed by atoms with Crippen molar-refractivity contribution in [3.63, 3.8) is 0 Å². The molecule has 0 spiro atoms. The maximum Gasteiger partial charge on any atom is 0.0635 e. The fourth-order valence-corrected chi connectivity index (χ4v) is 1.15. The van der Waals surface area contributed by atoms with Crippen molar-refractivity contribution in [1.29, 1.82) is 0 Å². The highest BCUT2D eigenvalue weighted by Crippen LogP contribution is 2.19. The Morgan fingerprint density at radius 2 is 2.25 bits per heavy atom. The minimum Gasteiger partial charge on any atom is -0.398 e. The highest BCUT2D eigenvalue weighted by atomic mass is 79.9. The molecular formula is C9H9BrClN. The molecule has 0 amide bonds. The fraction of sp³-hybridized carbons (Fsp3) is 0.111. The molecular weight excluding hydrogens is 237 g/mol. The summed E-state index contributed by atoms with van der Waals surface area (Å²) >= 11 is 9.05. The Morgan fingerprint density at radius 3 is 2.83 bits per heavy atom. The Kier molecular flexibility index (Phi) is 3.63. The molecule has 0 unspecified atom stereocenters. The lowest BCUT2D eigenvalue weighted by Gasteiger charge is -1.98. The van der Waals surface area contributed by atoms with Crippen LogP contribution in [0.2, 0.25) is 5.02 Å². The number of benzene rings is 1. The van der Waals surface area contributed by atoms with Crippen LogP contribution in [0.25, 0.3) is 6.08 Å². The first kappa shape index (κ1) is 9.62. The Balaban J connectivity index is 2.89. The summed E-state index contributed by atoms with van der Waals surface area (Å²) in [5.41, 5.74) is 7.30. The molecule has 0 aliphatic heterocycles. The zero-order valence-corrected chi connectivity index (χ0v) is 8.77. The number of hydrogen-bond acceptors (Lipinski definition) is 1. The summed E-state index contributed by atoms with van der Waals surface area (Å²) < 4.78 is 0. The highest BCUT2D eigenvalue weighted by molar-refractivity contribution is 9.09. The molecule has 0 saturated heterocycles. The van der Waals surface area contributed by atoms with Crippen LogP contribution in [0.3, 0.4) is 0 Å². The van der Waals surface area contributed by atoms with Gasteiger partial charge in [-0.05, 0) is 17.7 Å². The quantitative estimate of drug-likeness (QED) is 0.629. The van der Waals surface area contributed by atoms with E-state index in [0.717, 1.165) is 10.9 Å². The molecule has 0 atom stereocenters. The van der Waals surface area contributed by atoms with Crippen molar-refractivity contribution >= 4 is 39.3 Å². The van der Waals surface area contributed by atoms with E-state index in [-0.39, 0.29) is 0 Å². The molecule has 0 bridgehead atoms. The Morgan fingerprint density at radius 1 is 1.50 bits per heavy atom. The standard InChI is InChI=1S/C9H9BrClN/c10-5-1-2-7-3-4-8(11)9(12)6-7/h1-4,6H,5,12H2. The van der Waals surface area contributed by atoms with Crippen LogP contribution >= 0.6 is 27.5 Å². The molecule has 12 heavy (non-hydrogen) atoms. The van der Waals surface area contributed by atoms with Gasteiger partial charge >= 0.3 is 0 Å². The number of alkyl halides is 1. The first-order valence-corrected chi connectivity index (χ1v) is 5.01. The van der Waals surface area contributed by atoms with Gasteiger partial charge in [-0.1, -0.05) is 45.7 Å². The monoisotopic (exact) mass is 245 g/mol. The molecule has 0 aromatic heterocycles. The fourth-order valence-electron chi connectivity index (χ4n) is 0.847. The number of halogens is 2. The molecule has 0 fully saturated rings. The number of allylic oxidation sites excluding steroid dienone is 1. The number of anilines is 1. The second kappa shape index (κ2) is 4.53. The van der Waals surface area contributed by atoms with Gasteiger partial charge in [0.15, 0.2) is 0 Å². The average Bonchev–Trinajstić information content (AvgIpc) is 2.07. The molecule has 1 nitrogen and oxygen atoms in total. The minimum absolute atomic E-state index is 0.603. The molecule has 0 heterocycles. The van der Waals surface area contributed by atoms with Crippen molar-refractivity contribution in [1.82, 2.24) is 0 Å². The van der Waals surface area contributed by atoms with Crippen LogP contribution < -0.4 is 5.73 Å². The highest BCUT2D eigenvalue weighted by Gasteiger charge is 1.94. The van der Waals surface area contributed by atoms with Crippen molar-refractivity contribution in [2.75, 3.05) is 11.1 Å². The van der Waals surface area contributed by atoms with E-state index in [2.05, 4.69) is 15.9 Å². The van der Waals surface area contributed by atoms with Gasteiger partial charge < -0.3 is 5.73 Å². The van der Waals surface area contributed by atoms with Crippen molar-refractivity contribution in [2.45, 2.75) is 0 Å². The summed E-state index contributed by atoms with van der Waals surface area (Å²) in [6, 6.07) is 5.57. The van der Waals surface area contributed by atoms with E-state index in [1.54, 1.807) is 6.07 Å². The van der Waals surface area contributed by atoms with Crippen molar-refractivity contribution in [2.24, 2.45) is 0 Å². The van der Waals surface area contributed by atoms with Gasteiger partial charge in [-0.15, -0.1) is 0 Å². The maximum atomic E-state index is 5.76. The molecule has 0 aliphatic rings. The largest absolute Gasteiger partial charge is 0.398 e. The smallest absolute Gasteiger partial charge is 0.0635 e. The lowest BCUT2D eigenvalue weighted by Crippen LogP contribution is -1.86. The molecule has 3 heteroatoms. The summed E-state index contributed by atoms with van der Waals surface area (Å²) in [4.78, 5) is 0. The summed E-state index contributed by atoms with van der Waals surface area (Å²) in [5.74, 6) is 0. The van der Waals surface area contributed by atoms with E-state index in [0.29, 0.717) is 10.7 Å². The van der Waals surface area contributed by atoms with E-state index in [1.807, 2.05) is 24.3 Å². The van der Waals surface area contributed by atoms with Crippen LogP contribution in [-0.2, 0) is 0 Å². The third-order valence-corrected chi connectivity index (χ3v) is 2.14. The molecule has 0 aliphatic carbocycles. The Labute approximate surface area is 85.3 Å². The lowest BCUT2D eigenvalue weighted by atomic mass is 10.2. The van der Waals surface area contributed by atoms with Gasteiger partial charge in [-0.3, -0.25) is 0 Å². The van der Waals surface area contributed by atoms with Crippen molar-refractivity contribution in [3.8, 4) is 0 Å². The summed E-state index contributed by atoms with van der Waals surface area (Å²) in [6.07, 6.45) is 3.99. The third kappa shape index (κ3) is 2.54. The van der Waals surface area contributed by atoms with Gasteiger partial charge in [0.1, 0.15) is 0 Å². The number of nitrogens with two attached hydrogens (primary N) is 1. The van der Waals surface area contributed by atoms with Crippen LogP contribution in [0, 0.1) is 0 Å². The van der Waals surface area contributed by atoms with Gasteiger partial charge in [-0.2, -0.15) is 0 Å². The topological polar surface area (TPSA) is 26.0 Å². The normalized spacial score (nSPS) is 10.8. The molecule has 64 valence electrons. The molecule has 1 rings (SSSR count). The molecule has 1 aromatic carbocycles. The van der Waals surface area contributed by atoms with Crippen LogP contribution in [0.4, 0.5) is 5.69 Å². The summed E-state index contributed by atoms with van der Waals surface area (Å²) in [5, 5.41) is 1.45. The van der Waals surface area contributed by atoms with E-state index in [1.165, 1.54) is 0 Å². The second-order valence-corrected chi connectivity index (χ2v) is 3.39. The van der Waals surface area contributed by atoms with E-state index in [4.69, 9.17) is 17.3 Å². The first-order valence-electron chi connectivity index (χ1n) is 3.51. The van der Waals surface area contributed by atoms with E-state index in [9.17, 15) is 0 Å². The first-order chi connectivity index (χ1) is 5.74. The van der Waals surface area contributed by atoms with Crippen molar-refractivity contribution < 1.29 is 0 Å². The number of nitrogen functional groups attached to an aromatic ring is 1. The zero-order valence-electron chi connectivity index (χ0n) is 6.43. The maximum absolute atomic E-state index is 5.76. The lowest BCUT2D eigenvalue weighted by molar-refractivity contribution is 1.63. The van der Waals surface area contributed by atoms with E-state index < -0.39 is 0 Å². The SMILES string of the molecule is Nc1cc(C=CCBr)ccc1Cl. The van der Waals surface area contributed by atoms with Crippen molar-refractivity contribution in [3.05, 3.63) is 34.9 Å². The zero-order chi connectivity index (χ0) is 8.97. The van der Waals surface area contributed by atoms with Crippen LogP contribution in [0.15, 0.2) is 24.3 Å². The van der Waals surface area contributed by atoms with Crippen LogP contribution in [-0.4, -0.2) is 5.33 Å². The molecule has 2 N–H and O–H groups in total. The molecule has 0 saturated carbocycles. The Hall–Kier alpha value is -0.470. The summed E-state index contributed by atoms with van der Waals surface area (Å²) in [7, 11) is 0. The minimum atomic E-state index is 0.603. The van der Waals surface area contributed by atoms with Gasteiger partial charge in [0.05, 0.1) is 10.7 Å². The van der Waals surface area contributed by atoms with Gasteiger partial charge in [0, 0.05) is 5.33 Å². The second-order valence-electron chi connectivity index (χ2n) is 2.34. The number of rotatable bonds is 2. The Bertz CT molecular complexity index is 297. The van der Waals surface area contributed by atoms with E-state index >= 15 is 0 Å².